The second-order valence-corrected chi connectivity index (χ2v) is 6.62. The molecule has 0 spiro atoms. The maximum Gasteiger partial charge on any atom is 0.243 e. The average Bonchev–Trinajstić information content (AvgIpc) is 3.18. The van der Waals surface area contributed by atoms with Crippen molar-refractivity contribution < 1.29 is 19.4 Å². The quantitative estimate of drug-likeness (QED) is 0.820. The number of likely N-dealkylation sites (tertiary alicyclic amines) is 1. The van der Waals surface area contributed by atoms with Crippen molar-refractivity contribution in [2.24, 2.45) is 0 Å². The third-order valence-electron chi connectivity index (χ3n) is 4.81. The Morgan fingerprint density at radius 3 is 2.74 bits per heavy atom. The molecule has 2 aromatic carbocycles. The van der Waals surface area contributed by atoms with Crippen molar-refractivity contribution >= 4 is 11.8 Å². The maximum absolute atomic E-state index is 12.6. The molecule has 142 valence electrons. The number of carbonyl (C=O) groups is 2. The van der Waals surface area contributed by atoms with E-state index in [4.69, 9.17) is 4.74 Å². The summed E-state index contributed by atoms with van der Waals surface area (Å²) in [5.41, 5.74) is 1.51. The molecule has 0 bridgehead atoms. The summed E-state index contributed by atoms with van der Waals surface area (Å²) in [6.45, 7) is 0.771. The van der Waals surface area contributed by atoms with Crippen LogP contribution in [0.15, 0.2) is 48.5 Å². The number of hydrogen-bond donors (Lipinski definition) is 2. The maximum atomic E-state index is 12.6. The van der Waals surface area contributed by atoms with E-state index in [1.54, 1.807) is 24.1 Å². The van der Waals surface area contributed by atoms with E-state index in [2.05, 4.69) is 5.32 Å². The second-order valence-electron chi connectivity index (χ2n) is 6.62. The lowest BCUT2D eigenvalue weighted by atomic mass is 10.1. The summed E-state index contributed by atoms with van der Waals surface area (Å²) in [5.74, 6) is 0.469. The van der Waals surface area contributed by atoms with Crippen LogP contribution in [-0.4, -0.2) is 41.5 Å². The lowest BCUT2D eigenvalue weighted by Gasteiger charge is -2.24. The minimum absolute atomic E-state index is 0.0388. The van der Waals surface area contributed by atoms with Gasteiger partial charge in [0.05, 0.1) is 13.5 Å². The highest BCUT2D eigenvalue weighted by molar-refractivity contribution is 5.89. The predicted octanol–water partition coefficient (Wildman–Crippen LogP) is 2.25. The third-order valence-corrected chi connectivity index (χ3v) is 4.81. The molecule has 1 unspecified atom stereocenters. The van der Waals surface area contributed by atoms with Crippen LogP contribution in [0.25, 0.3) is 0 Å². The first-order chi connectivity index (χ1) is 13.1. The SMILES string of the molecule is COc1ccc(O)c(CNC(=O)C2CCCN2C(=O)Cc2ccccc2)c1. The first-order valence-electron chi connectivity index (χ1n) is 9.05. The Balaban J connectivity index is 1.61. The van der Waals surface area contributed by atoms with Crippen molar-refractivity contribution in [2.75, 3.05) is 13.7 Å². The van der Waals surface area contributed by atoms with Gasteiger partial charge in [0.2, 0.25) is 11.8 Å². The van der Waals surface area contributed by atoms with Crippen LogP contribution in [0.5, 0.6) is 11.5 Å². The van der Waals surface area contributed by atoms with Gasteiger partial charge in [0, 0.05) is 18.7 Å². The predicted molar refractivity (Wildman–Crippen MR) is 101 cm³/mol. The molecule has 1 saturated heterocycles. The van der Waals surface area contributed by atoms with Gasteiger partial charge in [-0.05, 0) is 36.6 Å². The Morgan fingerprint density at radius 1 is 1.22 bits per heavy atom. The summed E-state index contributed by atoms with van der Waals surface area (Å²) in [5, 5.41) is 12.8. The number of amides is 2. The fraction of sp³-hybridized carbons (Fsp3) is 0.333. The highest BCUT2D eigenvalue weighted by atomic mass is 16.5. The molecular formula is C21H24N2O4. The van der Waals surface area contributed by atoms with Gasteiger partial charge in [-0.2, -0.15) is 0 Å². The van der Waals surface area contributed by atoms with Crippen molar-refractivity contribution in [2.45, 2.75) is 31.8 Å². The normalized spacial score (nSPS) is 16.2. The lowest BCUT2D eigenvalue weighted by molar-refractivity contribution is -0.138. The van der Waals surface area contributed by atoms with Crippen LogP contribution in [0.1, 0.15) is 24.0 Å². The van der Waals surface area contributed by atoms with Crippen LogP contribution in [0.4, 0.5) is 0 Å². The smallest absolute Gasteiger partial charge is 0.243 e. The van der Waals surface area contributed by atoms with E-state index in [0.717, 1.165) is 12.0 Å². The molecule has 1 aliphatic rings. The van der Waals surface area contributed by atoms with E-state index >= 15 is 0 Å². The molecule has 1 atom stereocenters. The van der Waals surface area contributed by atoms with Crippen molar-refractivity contribution in [3.63, 3.8) is 0 Å². The molecule has 2 N–H and O–H groups in total. The number of benzene rings is 2. The minimum atomic E-state index is -0.464. The molecule has 1 aliphatic heterocycles. The summed E-state index contributed by atoms with van der Waals surface area (Å²) in [7, 11) is 1.55. The largest absolute Gasteiger partial charge is 0.508 e. The zero-order valence-corrected chi connectivity index (χ0v) is 15.4. The molecule has 0 radical (unpaired) electrons. The summed E-state index contributed by atoms with van der Waals surface area (Å²) < 4.78 is 5.14. The van der Waals surface area contributed by atoms with Gasteiger partial charge in [0.25, 0.3) is 0 Å². The lowest BCUT2D eigenvalue weighted by Crippen LogP contribution is -2.46. The van der Waals surface area contributed by atoms with Gasteiger partial charge in [-0.15, -0.1) is 0 Å². The van der Waals surface area contributed by atoms with Crippen LogP contribution >= 0.6 is 0 Å². The fourth-order valence-electron chi connectivity index (χ4n) is 3.34. The van der Waals surface area contributed by atoms with E-state index in [9.17, 15) is 14.7 Å². The van der Waals surface area contributed by atoms with Crippen LogP contribution < -0.4 is 10.1 Å². The zero-order valence-electron chi connectivity index (χ0n) is 15.4. The van der Waals surface area contributed by atoms with Gasteiger partial charge < -0.3 is 20.1 Å². The number of rotatable bonds is 6. The van der Waals surface area contributed by atoms with E-state index in [1.165, 1.54) is 6.07 Å². The molecule has 2 amide bonds. The topological polar surface area (TPSA) is 78.9 Å². The molecule has 0 saturated carbocycles. The van der Waals surface area contributed by atoms with Gasteiger partial charge in [-0.1, -0.05) is 30.3 Å². The second kappa shape index (κ2) is 8.58. The molecule has 6 heteroatoms. The Morgan fingerprint density at radius 2 is 2.00 bits per heavy atom. The first kappa shape index (κ1) is 18.8. The number of carbonyl (C=O) groups excluding carboxylic acids is 2. The molecule has 2 aromatic rings. The third kappa shape index (κ3) is 4.58. The van der Waals surface area contributed by atoms with Gasteiger partial charge >= 0.3 is 0 Å². The Bertz CT molecular complexity index is 807. The number of phenols is 1. The van der Waals surface area contributed by atoms with Crippen LogP contribution in [0.2, 0.25) is 0 Å². The number of phenolic OH excluding ortho intramolecular Hbond substituents is 1. The molecule has 3 rings (SSSR count). The number of methoxy groups -OCH3 is 1. The molecule has 1 heterocycles. The number of hydrogen-bond acceptors (Lipinski definition) is 4. The van der Waals surface area contributed by atoms with Crippen molar-refractivity contribution in [1.29, 1.82) is 0 Å². The minimum Gasteiger partial charge on any atom is -0.508 e. The summed E-state index contributed by atoms with van der Waals surface area (Å²) >= 11 is 0. The van der Waals surface area contributed by atoms with Crippen LogP contribution in [0.3, 0.4) is 0 Å². The summed E-state index contributed by atoms with van der Waals surface area (Å²) in [6.07, 6.45) is 1.75. The standard InChI is InChI=1S/C21H24N2O4/c1-27-17-9-10-19(24)16(13-17)14-22-21(26)18-8-5-11-23(18)20(25)12-15-6-3-2-4-7-15/h2-4,6-7,9-10,13,18,24H,5,8,11-12,14H2,1H3,(H,22,26). The van der Waals surface area contributed by atoms with Crippen molar-refractivity contribution in [3.8, 4) is 11.5 Å². The molecule has 27 heavy (non-hydrogen) atoms. The Labute approximate surface area is 158 Å². The van der Waals surface area contributed by atoms with Crippen molar-refractivity contribution in [3.05, 3.63) is 59.7 Å². The molecule has 1 fully saturated rings. The Kier molecular flexibility index (Phi) is 5.96. The molecule has 0 aromatic heterocycles. The van der Waals surface area contributed by atoms with E-state index in [1.807, 2.05) is 30.3 Å². The monoisotopic (exact) mass is 368 g/mol. The first-order valence-corrected chi connectivity index (χ1v) is 9.05. The van der Waals surface area contributed by atoms with Crippen LogP contribution in [0, 0.1) is 0 Å². The Hall–Kier alpha value is -3.02. The average molecular weight is 368 g/mol. The fourth-order valence-corrected chi connectivity index (χ4v) is 3.34. The van der Waals surface area contributed by atoms with Gasteiger partial charge in [0.1, 0.15) is 17.5 Å². The molecular weight excluding hydrogens is 344 g/mol. The van der Waals surface area contributed by atoms with Crippen molar-refractivity contribution in [1.82, 2.24) is 10.2 Å². The van der Waals surface area contributed by atoms with Gasteiger partial charge in [-0.3, -0.25) is 9.59 Å². The summed E-state index contributed by atoms with van der Waals surface area (Å²) in [6, 6.07) is 13.9. The van der Waals surface area contributed by atoms with E-state index < -0.39 is 6.04 Å². The summed E-state index contributed by atoms with van der Waals surface area (Å²) in [4.78, 5) is 26.9. The van der Waals surface area contributed by atoms with E-state index in [-0.39, 0.29) is 24.1 Å². The number of nitrogens with zero attached hydrogens (tertiary/aromatic N) is 1. The number of ether oxygens (including phenoxy) is 1. The van der Waals surface area contributed by atoms with Gasteiger partial charge in [0.15, 0.2) is 0 Å². The number of aromatic hydroxyl groups is 1. The molecule has 6 nitrogen and oxygen atoms in total. The van der Waals surface area contributed by atoms with Gasteiger partial charge in [-0.25, -0.2) is 0 Å². The highest BCUT2D eigenvalue weighted by Crippen LogP contribution is 2.23. The number of nitrogens with one attached hydrogen (secondary N) is 1. The highest BCUT2D eigenvalue weighted by Gasteiger charge is 2.33. The zero-order chi connectivity index (χ0) is 19.2. The molecule has 0 aliphatic carbocycles. The van der Waals surface area contributed by atoms with Crippen LogP contribution in [-0.2, 0) is 22.6 Å². The van der Waals surface area contributed by atoms with E-state index in [0.29, 0.717) is 30.7 Å².